The van der Waals surface area contributed by atoms with Crippen LogP contribution < -0.4 is 0 Å². The van der Waals surface area contributed by atoms with E-state index in [9.17, 15) is 25.2 Å². The van der Waals surface area contributed by atoms with Crippen LogP contribution in [0.5, 0.6) is 17.2 Å². The van der Waals surface area contributed by atoms with Gasteiger partial charge in [0.15, 0.2) is 5.78 Å². The third kappa shape index (κ3) is 4.49. The number of benzene rings is 2. The first-order chi connectivity index (χ1) is 11.8. The average Bonchev–Trinajstić information content (AvgIpc) is 2.57. The fourth-order valence-corrected chi connectivity index (χ4v) is 2.24. The Labute approximate surface area is 145 Å². The summed E-state index contributed by atoms with van der Waals surface area (Å²) in [5.74, 6) is -0.880. The summed E-state index contributed by atoms with van der Waals surface area (Å²) in [6, 6.07) is 8.92. The molecule has 25 heavy (non-hydrogen) atoms. The third-order valence-corrected chi connectivity index (χ3v) is 3.81. The fourth-order valence-electron chi connectivity index (χ4n) is 2.24. The molecule has 0 aliphatic rings. The molecule has 0 aliphatic carbocycles. The molecule has 1 atom stereocenters. The summed E-state index contributed by atoms with van der Waals surface area (Å²) in [6.45, 7) is 5.26. The third-order valence-electron chi connectivity index (χ3n) is 3.81. The molecule has 4 N–H and O–H groups in total. The Morgan fingerprint density at radius 2 is 1.76 bits per heavy atom. The molecule has 130 valence electrons. The number of hydrogen-bond donors (Lipinski definition) is 4. The van der Waals surface area contributed by atoms with Crippen molar-refractivity contribution in [3.8, 4) is 17.2 Å². The molecular formula is C20H20O5. The van der Waals surface area contributed by atoms with Crippen LogP contribution in [-0.4, -0.2) is 32.3 Å². The van der Waals surface area contributed by atoms with Gasteiger partial charge in [-0.25, -0.2) is 0 Å². The van der Waals surface area contributed by atoms with E-state index in [0.29, 0.717) is 11.1 Å². The van der Waals surface area contributed by atoms with Crippen LogP contribution in [0.1, 0.15) is 28.4 Å². The topological polar surface area (TPSA) is 98.0 Å². The van der Waals surface area contributed by atoms with Crippen LogP contribution in [0, 0.1) is 0 Å². The highest BCUT2D eigenvalue weighted by atomic mass is 16.3. The number of phenolic OH excluding ortho intramolecular Hbond substituents is 3. The van der Waals surface area contributed by atoms with Crippen molar-refractivity contribution in [3.63, 3.8) is 0 Å². The molecule has 0 unspecified atom stereocenters. The molecule has 0 saturated heterocycles. The van der Waals surface area contributed by atoms with Crippen molar-refractivity contribution in [2.24, 2.45) is 0 Å². The first-order valence-electron chi connectivity index (χ1n) is 7.68. The van der Waals surface area contributed by atoms with Crippen molar-refractivity contribution in [2.75, 3.05) is 0 Å². The number of carbonyl (C=O) groups excluding carboxylic acids is 1. The molecule has 0 aromatic heterocycles. The van der Waals surface area contributed by atoms with Crippen molar-refractivity contribution in [3.05, 3.63) is 71.3 Å². The molecule has 0 saturated carbocycles. The van der Waals surface area contributed by atoms with Gasteiger partial charge in [-0.15, -0.1) is 0 Å². The number of aromatic hydroxyl groups is 3. The van der Waals surface area contributed by atoms with E-state index in [1.807, 2.05) is 0 Å². The number of phenols is 3. The molecule has 5 nitrogen and oxygen atoms in total. The maximum atomic E-state index is 12.3. The number of aliphatic hydroxyl groups is 1. The Morgan fingerprint density at radius 1 is 1.12 bits per heavy atom. The second-order valence-corrected chi connectivity index (χ2v) is 5.81. The summed E-state index contributed by atoms with van der Waals surface area (Å²) < 4.78 is 0. The highest BCUT2D eigenvalue weighted by molar-refractivity contribution is 6.09. The predicted molar refractivity (Wildman–Crippen MR) is 95.8 cm³/mol. The minimum Gasteiger partial charge on any atom is -0.508 e. The van der Waals surface area contributed by atoms with Gasteiger partial charge in [0, 0.05) is 12.0 Å². The molecular weight excluding hydrogens is 320 g/mol. The first kappa shape index (κ1) is 18.3. The lowest BCUT2D eigenvalue weighted by molar-refractivity contribution is 0.104. The van der Waals surface area contributed by atoms with Crippen LogP contribution in [0.2, 0.25) is 0 Å². The van der Waals surface area contributed by atoms with Crippen molar-refractivity contribution in [2.45, 2.75) is 19.4 Å². The van der Waals surface area contributed by atoms with E-state index in [-0.39, 0.29) is 34.8 Å². The lowest BCUT2D eigenvalue weighted by atomic mass is 9.97. The summed E-state index contributed by atoms with van der Waals surface area (Å²) in [7, 11) is 0. The molecule has 0 spiro atoms. The lowest BCUT2D eigenvalue weighted by Gasteiger charge is -2.14. The summed E-state index contributed by atoms with van der Waals surface area (Å²) in [5.41, 5.74) is 1.32. The van der Waals surface area contributed by atoms with Gasteiger partial charge in [-0.05, 0) is 42.8 Å². The van der Waals surface area contributed by atoms with Gasteiger partial charge in [0.1, 0.15) is 17.2 Å². The normalized spacial score (nSPS) is 12.2. The maximum Gasteiger partial charge on any atom is 0.189 e. The van der Waals surface area contributed by atoms with Gasteiger partial charge < -0.3 is 20.4 Å². The molecule has 0 amide bonds. The number of aliphatic hydroxyl groups excluding tert-OH is 1. The van der Waals surface area contributed by atoms with Gasteiger partial charge in [-0.3, -0.25) is 4.79 Å². The van der Waals surface area contributed by atoms with E-state index in [1.54, 1.807) is 25.1 Å². The zero-order valence-corrected chi connectivity index (χ0v) is 13.8. The molecule has 2 rings (SSSR count). The van der Waals surface area contributed by atoms with Gasteiger partial charge in [0.05, 0.1) is 11.7 Å². The fraction of sp³-hybridized carbons (Fsp3) is 0.150. The second-order valence-electron chi connectivity index (χ2n) is 5.81. The molecule has 0 heterocycles. The number of hydrogen-bond acceptors (Lipinski definition) is 5. The van der Waals surface area contributed by atoms with E-state index in [2.05, 4.69) is 6.58 Å². The van der Waals surface area contributed by atoms with Gasteiger partial charge >= 0.3 is 0 Å². The number of allylic oxidation sites excluding steroid dienone is 1. The Balaban J connectivity index is 2.27. The smallest absolute Gasteiger partial charge is 0.189 e. The molecule has 0 bridgehead atoms. The van der Waals surface area contributed by atoms with Gasteiger partial charge in [-0.1, -0.05) is 30.4 Å². The largest absolute Gasteiger partial charge is 0.508 e. The van der Waals surface area contributed by atoms with E-state index < -0.39 is 11.9 Å². The number of ketones is 1. The molecule has 2 aromatic carbocycles. The average molecular weight is 340 g/mol. The Hall–Kier alpha value is -3.05. The Kier molecular flexibility index (Phi) is 5.62. The van der Waals surface area contributed by atoms with E-state index >= 15 is 0 Å². The van der Waals surface area contributed by atoms with E-state index in [4.69, 9.17) is 0 Å². The SMILES string of the molecule is C=C(C)[C@@H](O)Cc1c(O)ccc(C(=O)/C=C/c2ccc(O)cc2)c1O. The van der Waals surface area contributed by atoms with Crippen LogP contribution in [0.15, 0.2) is 54.6 Å². The van der Waals surface area contributed by atoms with Crippen LogP contribution in [0.25, 0.3) is 6.08 Å². The van der Waals surface area contributed by atoms with Gasteiger partial charge in [0.2, 0.25) is 0 Å². The quantitative estimate of drug-likeness (QED) is 0.368. The van der Waals surface area contributed by atoms with Crippen molar-refractivity contribution < 1.29 is 25.2 Å². The van der Waals surface area contributed by atoms with Crippen LogP contribution in [0.4, 0.5) is 0 Å². The Bertz CT molecular complexity index is 819. The standard InChI is InChI=1S/C20H20O5/c1-12(2)19(24)11-16-18(23)10-8-15(20(16)25)17(22)9-5-13-3-6-14(21)7-4-13/h3-10,19,21,23-25H,1,11H2,2H3/b9-5+/t19-/m0/s1. The molecule has 2 aromatic rings. The molecule has 0 radical (unpaired) electrons. The highest BCUT2D eigenvalue weighted by Gasteiger charge is 2.19. The van der Waals surface area contributed by atoms with Crippen molar-refractivity contribution in [1.29, 1.82) is 0 Å². The number of rotatable bonds is 6. The van der Waals surface area contributed by atoms with Gasteiger partial charge in [0.25, 0.3) is 0 Å². The van der Waals surface area contributed by atoms with E-state index in [1.165, 1.54) is 30.3 Å². The van der Waals surface area contributed by atoms with Crippen molar-refractivity contribution in [1.82, 2.24) is 0 Å². The first-order valence-corrected chi connectivity index (χ1v) is 7.68. The van der Waals surface area contributed by atoms with E-state index in [0.717, 1.165) is 0 Å². The van der Waals surface area contributed by atoms with Crippen molar-refractivity contribution >= 4 is 11.9 Å². The predicted octanol–water partition coefficient (Wildman–Crippen LogP) is 3.18. The molecule has 0 aliphatic heterocycles. The summed E-state index contributed by atoms with van der Waals surface area (Å²) in [6.07, 6.45) is 1.86. The lowest BCUT2D eigenvalue weighted by Crippen LogP contribution is -2.12. The zero-order chi connectivity index (χ0) is 18.6. The summed E-state index contributed by atoms with van der Waals surface area (Å²) in [4.78, 5) is 12.3. The Morgan fingerprint density at radius 3 is 2.36 bits per heavy atom. The summed E-state index contributed by atoms with van der Waals surface area (Å²) >= 11 is 0. The number of carbonyl (C=O) groups is 1. The second kappa shape index (κ2) is 7.68. The van der Waals surface area contributed by atoms with Crippen LogP contribution in [0.3, 0.4) is 0 Å². The highest BCUT2D eigenvalue weighted by Crippen LogP contribution is 2.33. The monoisotopic (exact) mass is 340 g/mol. The summed E-state index contributed by atoms with van der Waals surface area (Å²) in [5, 5.41) is 39.4. The maximum absolute atomic E-state index is 12.3. The molecule has 5 heteroatoms. The van der Waals surface area contributed by atoms with Crippen LogP contribution in [-0.2, 0) is 6.42 Å². The molecule has 0 fully saturated rings. The minimum absolute atomic E-state index is 0.0248. The minimum atomic E-state index is -0.935. The zero-order valence-electron chi connectivity index (χ0n) is 13.8. The van der Waals surface area contributed by atoms with Crippen LogP contribution >= 0.6 is 0 Å². The van der Waals surface area contributed by atoms with Gasteiger partial charge in [-0.2, -0.15) is 0 Å².